The maximum absolute atomic E-state index is 5.89. The molecule has 1 unspecified atom stereocenters. The highest BCUT2D eigenvalue weighted by Gasteiger charge is 2.21. The number of nitrogens with zero attached hydrogens (tertiary/aromatic N) is 1. The first-order valence-electron chi connectivity index (χ1n) is 9.04. The smallest absolute Gasteiger partial charge is 0.119 e. The molecule has 134 valence electrons. The minimum atomic E-state index is 0.232. The highest BCUT2D eigenvalue weighted by molar-refractivity contribution is 5.44. The Morgan fingerprint density at radius 1 is 1.04 bits per heavy atom. The summed E-state index contributed by atoms with van der Waals surface area (Å²) in [6.07, 6.45) is 1.04. The van der Waals surface area contributed by atoms with E-state index in [0.717, 1.165) is 31.0 Å². The Labute approximate surface area is 150 Å². The maximum atomic E-state index is 5.89. The predicted molar refractivity (Wildman–Crippen MR) is 102 cm³/mol. The number of hydrogen-bond donors (Lipinski definition) is 1. The molecule has 0 aliphatic carbocycles. The van der Waals surface area contributed by atoms with Crippen LogP contribution in [-0.2, 0) is 6.42 Å². The van der Waals surface area contributed by atoms with E-state index in [2.05, 4.69) is 54.6 Å². The van der Waals surface area contributed by atoms with Crippen molar-refractivity contribution in [1.29, 1.82) is 0 Å². The van der Waals surface area contributed by atoms with Crippen LogP contribution in [0.2, 0.25) is 0 Å². The van der Waals surface area contributed by atoms with Gasteiger partial charge in [0.25, 0.3) is 0 Å². The van der Waals surface area contributed by atoms with Crippen LogP contribution >= 0.6 is 0 Å². The molecule has 0 radical (unpaired) electrons. The summed E-state index contributed by atoms with van der Waals surface area (Å²) in [7, 11) is 4.12. The van der Waals surface area contributed by atoms with Gasteiger partial charge < -0.3 is 19.7 Å². The van der Waals surface area contributed by atoms with E-state index < -0.39 is 0 Å². The van der Waals surface area contributed by atoms with E-state index in [-0.39, 0.29) is 6.04 Å². The molecule has 1 aliphatic heterocycles. The fourth-order valence-electron chi connectivity index (χ4n) is 3.20. The first-order chi connectivity index (χ1) is 12.2. The number of hydrogen-bond acceptors (Lipinski definition) is 4. The number of nitrogens with one attached hydrogen (secondary N) is 1. The fourth-order valence-corrected chi connectivity index (χ4v) is 3.20. The van der Waals surface area contributed by atoms with Crippen LogP contribution in [0.5, 0.6) is 11.5 Å². The molecule has 3 rings (SSSR count). The molecule has 0 fully saturated rings. The Bertz CT molecular complexity index is 683. The lowest BCUT2D eigenvalue weighted by molar-refractivity contribution is 0.261. The van der Waals surface area contributed by atoms with Gasteiger partial charge in [-0.1, -0.05) is 18.2 Å². The average molecular weight is 340 g/mol. The molecule has 0 saturated heterocycles. The predicted octanol–water partition coefficient (Wildman–Crippen LogP) is 3.26. The lowest BCUT2D eigenvalue weighted by atomic mass is 9.90. The van der Waals surface area contributed by atoms with Crippen LogP contribution in [0.4, 0.5) is 0 Å². The summed E-state index contributed by atoms with van der Waals surface area (Å²) in [5.41, 5.74) is 3.99. The second kappa shape index (κ2) is 8.37. The summed E-state index contributed by atoms with van der Waals surface area (Å²) in [5.74, 6) is 1.89. The summed E-state index contributed by atoms with van der Waals surface area (Å²) >= 11 is 0. The molecule has 0 bridgehead atoms. The monoisotopic (exact) mass is 340 g/mol. The molecule has 0 spiro atoms. The van der Waals surface area contributed by atoms with Crippen molar-refractivity contribution in [1.82, 2.24) is 10.2 Å². The van der Waals surface area contributed by atoms with Crippen molar-refractivity contribution in [2.45, 2.75) is 19.4 Å². The minimum absolute atomic E-state index is 0.232. The van der Waals surface area contributed by atoms with Gasteiger partial charge in [0.15, 0.2) is 0 Å². The fraction of sp³-hybridized carbons (Fsp3) is 0.429. The summed E-state index contributed by atoms with van der Waals surface area (Å²) in [6.45, 7) is 5.32. The third-order valence-corrected chi connectivity index (χ3v) is 4.50. The van der Waals surface area contributed by atoms with E-state index in [1.807, 2.05) is 19.1 Å². The van der Waals surface area contributed by atoms with E-state index in [0.29, 0.717) is 13.2 Å². The summed E-state index contributed by atoms with van der Waals surface area (Å²) < 4.78 is 11.4. The standard InChI is InChI=1S/C21H28N2O2/c1-4-24-18-7-5-16(6-8-18)21-20-10-9-19(25-14-13-23(2)3)15-17(20)11-12-22-21/h5-10,15,21-22H,4,11-14H2,1-3H3. The van der Waals surface area contributed by atoms with Crippen LogP contribution in [0.15, 0.2) is 42.5 Å². The van der Waals surface area contributed by atoms with Crippen molar-refractivity contribution in [2.24, 2.45) is 0 Å². The lowest BCUT2D eigenvalue weighted by Crippen LogP contribution is -2.30. The molecule has 1 heterocycles. The summed E-state index contributed by atoms with van der Waals surface area (Å²) in [5, 5.41) is 3.63. The van der Waals surface area contributed by atoms with Gasteiger partial charge in [-0.25, -0.2) is 0 Å². The van der Waals surface area contributed by atoms with Crippen LogP contribution in [0.3, 0.4) is 0 Å². The molecule has 1 atom stereocenters. The van der Waals surface area contributed by atoms with Crippen molar-refractivity contribution in [3.63, 3.8) is 0 Å². The maximum Gasteiger partial charge on any atom is 0.119 e. The molecule has 4 nitrogen and oxygen atoms in total. The van der Waals surface area contributed by atoms with Gasteiger partial charge in [0.05, 0.1) is 12.6 Å². The Kier molecular flexibility index (Phi) is 5.95. The van der Waals surface area contributed by atoms with Crippen molar-refractivity contribution in [2.75, 3.05) is 40.4 Å². The second-order valence-electron chi connectivity index (χ2n) is 6.65. The number of rotatable bonds is 7. The number of fused-ring (bicyclic) bond motifs is 1. The van der Waals surface area contributed by atoms with E-state index in [1.165, 1.54) is 16.7 Å². The molecule has 25 heavy (non-hydrogen) atoms. The van der Waals surface area contributed by atoms with Crippen LogP contribution in [0.1, 0.15) is 29.7 Å². The Morgan fingerprint density at radius 2 is 1.80 bits per heavy atom. The molecular formula is C21H28N2O2. The van der Waals surface area contributed by atoms with Gasteiger partial charge in [-0.2, -0.15) is 0 Å². The van der Waals surface area contributed by atoms with Crippen molar-refractivity contribution in [3.05, 3.63) is 59.2 Å². The second-order valence-corrected chi connectivity index (χ2v) is 6.65. The van der Waals surface area contributed by atoms with Gasteiger partial charge in [0.1, 0.15) is 18.1 Å². The SMILES string of the molecule is CCOc1ccc(C2NCCc3cc(OCCN(C)C)ccc32)cc1. The molecule has 0 amide bonds. The largest absolute Gasteiger partial charge is 0.494 e. The zero-order valence-electron chi connectivity index (χ0n) is 15.4. The van der Waals surface area contributed by atoms with Gasteiger partial charge in [-0.15, -0.1) is 0 Å². The molecule has 2 aromatic carbocycles. The van der Waals surface area contributed by atoms with Gasteiger partial charge in [-0.3, -0.25) is 0 Å². The van der Waals surface area contributed by atoms with E-state index in [9.17, 15) is 0 Å². The van der Waals surface area contributed by atoms with Crippen molar-refractivity contribution in [3.8, 4) is 11.5 Å². The molecule has 2 aromatic rings. The van der Waals surface area contributed by atoms with Crippen LogP contribution in [0, 0.1) is 0 Å². The van der Waals surface area contributed by atoms with Crippen molar-refractivity contribution < 1.29 is 9.47 Å². The molecule has 1 N–H and O–H groups in total. The first-order valence-corrected chi connectivity index (χ1v) is 9.04. The van der Waals surface area contributed by atoms with Crippen LogP contribution in [-0.4, -0.2) is 45.3 Å². The quantitative estimate of drug-likeness (QED) is 0.839. The zero-order valence-corrected chi connectivity index (χ0v) is 15.4. The zero-order chi connectivity index (χ0) is 17.6. The van der Waals surface area contributed by atoms with E-state index >= 15 is 0 Å². The van der Waals surface area contributed by atoms with Gasteiger partial charge in [0, 0.05) is 13.1 Å². The first kappa shape index (κ1) is 17.8. The Balaban J connectivity index is 1.75. The third kappa shape index (κ3) is 4.53. The minimum Gasteiger partial charge on any atom is -0.494 e. The van der Waals surface area contributed by atoms with E-state index in [4.69, 9.17) is 9.47 Å². The molecule has 4 heteroatoms. The summed E-state index contributed by atoms with van der Waals surface area (Å²) in [6, 6.07) is 15.1. The van der Waals surface area contributed by atoms with Crippen LogP contribution < -0.4 is 14.8 Å². The average Bonchev–Trinajstić information content (AvgIpc) is 2.62. The highest BCUT2D eigenvalue weighted by atomic mass is 16.5. The van der Waals surface area contributed by atoms with Gasteiger partial charge in [0.2, 0.25) is 0 Å². The van der Waals surface area contributed by atoms with Crippen molar-refractivity contribution >= 4 is 0 Å². The van der Waals surface area contributed by atoms with Gasteiger partial charge >= 0.3 is 0 Å². The van der Waals surface area contributed by atoms with Crippen LogP contribution in [0.25, 0.3) is 0 Å². The Morgan fingerprint density at radius 3 is 2.52 bits per heavy atom. The Hall–Kier alpha value is -2.04. The lowest BCUT2D eigenvalue weighted by Gasteiger charge is -2.28. The third-order valence-electron chi connectivity index (χ3n) is 4.50. The molecular weight excluding hydrogens is 312 g/mol. The normalized spacial score (nSPS) is 16.6. The molecule has 0 aromatic heterocycles. The van der Waals surface area contributed by atoms with Gasteiger partial charge in [-0.05, 0) is 68.4 Å². The highest BCUT2D eigenvalue weighted by Crippen LogP contribution is 2.32. The van der Waals surface area contributed by atoms with E-state index in [1.54, 1.807) is 0 Å². The number of benzene rings is 2. The number of likely N-dealkylation sites (N-methyl/N-ethyl adjacent to an activating group) is 1. The molecule has 1 aliphatic rings. The topological polar surface area (TPSA) is 33.7 Å². The molecule has 0 saturated carbocycles. The summed E-state index contributed by atoms with van der Waals surface area (Å²) in [4.78, 5) is 2.13. The number of ether oxygens (including phenoxy) is 2.